The first-order valence-corrected chi connectivity index (χ1v) is 11.2. The minimum atomic E-state index is -0.681. The van der Waals surface area contributed by atoms with Crippen molar-refractivity contribution in [2.45, 2.75) is 19.9 Å². The summed E-state index contributed by atoms with van der Waals surface area (Å²) < 4.78 is 5.70. The largest absolute Gasteiger partial charge is 0.421 e. The predicted octanol–water partition coefficient (Wildman–Crippen LogP) is 3.23. The van der Waals surface area contributed by atoms with Crippen LogP contribution in [0.5, 0.6) is 0 Å². The number of benzene rings is 1. The van der Waals surface area contributed by atoms with Crippen LogP contribution in [0.2, 0.25) is 5.02 Å². The fourth-order valence-electron chi connectivity index (χ4n) is 3.63. The first-order valence-electron chi connectivity index (χ1n) is 10.8. The van der Waals surface area contributed by atoms with Gasteiger partial charge in [0.05, 0.1) is 5.57 Å². The molecule has 0 fully saturated rings. The zero-order valence-corrected chi connectivity index (χ0v) is 20.2. The first-order chi connectivity index (χ1) is 16.9. The highest BCUT2D eigenvalue weighted by atomic mass is 35.5. The highest BCUT2D eigenvalue weighted by Gasteiger charge is 2.31. The van der Waals surface area contributed by atoms with Crippen molar-refractivity contribution in [1.82, 2.24) is 20.6 Å². The topological polar surface area (TPSA) is 143 Å². The Bertz CT molecular complexity index is 1360. The van der Waals surface area contributed by atoms with E-state index in [4.69, 9.17) is 26.7 Å². The average Bonchev–Trinajstić information content (AvgIpc) is 3.23. The maximum absolute atomic E-state index is 13.3. The Balaban J connectivity index is 1.67. The summed E-state index contributed by atoms with van der Waals surface area (Å²) in [7, 11) is 1.63. The number of hydrogen-bond acceptors (Lipinski definition) is 9. The standard InChI is InChI=1S/C24H25ClN8O2/c1-13-6-7-16(17(25)9-13)20-19(22(34)29-12-15(10-26)11-27-3)14(2)30-23(31-20)33-24-32-21-18(35-24)5-4-8-28-21/h4-11,20H,12,26H2,1-3H3,(H,29,34)(H2,28,30,31,32,33)/b15-10+,27-11?. The van der Waals surface area contributed by atoms with E-state index >= 15 is 0 Å². The number of rotatable bonds is 6. The molecule has 0 saturated heterocycles. The number of halogens is 1. The van der Waals surface area contributed by atoms with E-state index in [1.54, 1.807) is 38.5 Å². The molecule has 0 saturated carbocycles. The van der Waals surface area contributed by atoms with Crippen LogP contribution in [0.1, 0.15) is 24.1 Å². The number of anilines is 1. The van der Waals surface area contributed by atoms with E-state index in [2.05, 4.69) is 30.9 Å². The smallest absolute Gasteiger partial charge is 0.304 e. The molecule has 0 radical (unpaired) electrons. The third-order valence-electron chi connectivity index (χ3n) is 5.29. The molecule has 1 unspecified atom stereocenters. The summed E-state index contributed by atoms with van der Waals surface area (Å²) in [5.74, 6) is 0.0438. The summed E-state index contributed by atoms with van der Waals surface area (Å²) in [6.45, 7) is 3.95. The summed E-state index contributed by atoms with van der Waals surface area (Å²) in [5.41, 5.74) is 10.0. The number of nitrogens with one attached hydrogen (secondary N) is 3. The van der Waals surface area contributed by atoms with Gasteiger partial charge < -0.3 is 20.8 Å². The van der Waals surface area contributed by atoms with Gasteiger partial charge in [-0.05, 0) is 37.6 Å². The van der Waals surface area contributed by atoms with Gasteiger partial charge in [-0.3, -0.25) is 15.1 Å². The van der Waals surface area contributed by atoms with Crippen molar-refractivity contribution in [3.8, 4) is 0 Å². The Kier molecular flexibility index (Phi) is 7.11. The Morgan fingerprint density at radius 1 is 1.34 bits per heavy atom. The summed E-state index contributed by atoms with van der Waals surface area (Å²) in [6, 6.07) is 8.70. The molecule has 5 N–H and O–H groups in total. The molecule has 35 heavy (non-hydrogen) atoms. The second-order valence-corrected chi connectivity index (χ2v) is 8.26. The molecular weight excluding hydrogens is 468 g/mol. The zero-order chi connectivity index (χ0) is 24.9. The van der Waals surface area contributed by atoms with E-state index in [1.165, 1.54) is 6.20 Å². The molecule has 1 aliphatic rings. The zero-order valence-electron chi connectivity index (χ0n) is 19.5. The number of aromatic nitrogens is 2. The van der Waals surface area contributed by atoms with Gasteiger partial charge in [0, 0.05) is 54.1 Å². The molecule has 11 heteroatoms. The molecule has 10 nitrogen and oxygen atoms in total. The number of nitrogens with two attached hydrogens (primary N) is 1. The van der Waals surface area contributed by atoms with Crippen LogP contribution in [-0.2, 0) is 4.79 Å². The van der Waals surface area contributed by atoms with Crippen LogP contribution in [0.15, 0.2) is 74.0 Å². The number of amides is 1. The number of hydrogen-bond donors (Lipinski definition) is 4. The normalized spacial score (nSPS) is 16.4. The summed E-state index contributed by atoms with van der Waals surface area (Å²) in [5, 5.41) is 9.55. The van der Waals surface area contributed by atoms with Crippen molar-refractivity contribution in [2.24, 2.45) is 15.7 Å². The SMILES string of the molecule is CN=C/C(=C\N)CNC(=O)C1=C(C)NC(Nc2nc3ncccc3o2)=NC1c1ccc(C)cc1Cl. The van der Waals surface area contributed by atoms with Crippen molar-refractivity contribution in [3.05, 3.63) is 75.7 Å². The van der Waals surface area contributed by atoms with Crippen molar-refractivity contribution in [2.75, 3.05) is 18.9 Å². The van der Waals surface area contributed by atoms with Gasteiger partial charge in [0.25, 0.3) is 5.91 Å². The van der Waals surface area contributed by atoms with Gasteiger partial charge in [-0.1, -0.05) is 23.7 Å². The average molecular weight is 493 g/mol. The lowest BCUT2D eigenvalue weighted by atomic mass is 9.95. The van der Waals surface area contributed by atoms with E-state index in [-0.39, 0.29) is 18.5 Å². The number of carbonyl (C=O) groups excluding carboxylic acids is 1. The van der Waals surface area contributed by atoms with Crippen LogP contribution >= 0.6 is 11.6 Å². The maximum atomic E-state index is 13.3. The molecule has 1 aromatic carbocycles. The Morgan fingerprint density at radius 2 is 2.17 bits per heavy atom. The highest BCUT2D eigenvalue weighted by Crippen LogP contribution is 2.35. The second-order valence-electron chi connectivity index (χ2n) is 7.85. The summed E-state index contributed by atoms with van der Waals surface area (Å²) >= 11 is 6.59. The van der Waals surface area contributed by atoms with Gasteiger partial charge in [-0.15, -0.1) is 0 Å². The molecule has 1 aliphatic heterocycles. The molecule has 3 heterocycles. The molecule has 2 aromatic heterocycles. The van der Waals surface area contributed by atoms with Crippen LogP contribution in [-0.4, -0.2) is 41.6 Å². The van der Waals surface area contributed by atoms with Crippen molar-refractivity contribution >= 4 is 46.9 Å². The molecule has 1 atom stereocenters. The third-order valence-corrected chi connectivity index (χ3v) is 5.62. The van der Waals surface area contributed by atoms with Crippen LogP contribution in [0.4, 0.5) is 6.01 Å². The maximum Gasteiger partial charge on any atom is 0.304 e. The van der Waals surface area contributed by atoms with Crippen molar-refractivity contribution in [3.63, 3.8) is 0 Å². The van der Waals surface area contributed by atoms with Gasteiger partial charge in [-0.2, -0.15) is 4.98 Å². The van der Waals surface area contributed by atoms with Gasteiger partial charge in [0.2, 0.25) is 11.6 Å². The molecule has 0 bridgehead atoms. The Hall–Kier alpha value is -4.18. The number of allylic oxidation sites excluding steroid dienone is 1. The second kappa shape index (κ2) is 10.4. The molecule has 4 rings (SSSR count). The number of nitrogens with zero attached hydrogens (tertiary/aromatic N) is 4. The monoisotopic (exact) mass is 492 g/mol. The van der Waals surface area contributed by atoms with Crippen molar-refractivity contribution in [1.29, 1.82) is 0 Å². The minimum absolute atomic E-state index is 0.211. The van der Waals surface area contributed by atoms with Gasteiger partial charge >= 0.3 is 6.01 Å². The van der Waals surface area contributed by atoms with E-state index in [0.717, 1.165) is 5.56 Å². The van der Waals surface area contributed by atoms with Crippen LogP contribution in [0.25, 0.3) is 11.2 Å². The third kappa shape index (κ3) is 5.33. The number of guanidine groups is 1. The lowest BCUT2D eigenvalue weighted by molar-refractivity contribution is -0.117. The van der Waals surface area contributed by atoms with Crippen LogP contribution < -0.4 is 21.7 Å². The molecule has 0 spiro atoms. The fraction of sp³-hybridized carbons (Fsp3) is 0.208. The summed E-state index contributed by atoms with van der Waals surface area (Å²) in [6.07, 6.45) is 4.62. The van der Waals surface area contributed by atoms with Crippen molar-refractivity contribution < 1.29 is 9.21 Å². The first kappa shape index (κ1) is 24.0. The Morgan fingerprint density at radius 3 is 2.89 bits per heavy atom. The number of fused-ring (bicyclic) bond motifs is 1. The van der Waals surface area contributed by atoms with E-state index in [1.807, 2.05) is 25.1 Å². The van der Waals surface area contributed by atoms with Gasteiger partial charge in [0.15, 0.2) is 5.58 Å². The molecule has 1 amide bonds. The van der Waals surface area contributed by atoms with E-state index in [9.17, 15) is 4.79 Å². The number of pyridine rings is 1. The van der Waals surface area contributed by atoms with E-state index in [0.29, 0.717) is 44.6 Å². The predicted molar refractivity (Wildman–Crippen MR) is 137 cm³/mol. The lowest BCUT2D eigenvalue weighted by Gasteiger charge is -2.27. The summed E-state index contributed by atoms with van der Waals surface area (Å²) in [4.78, 5) is 30.5. The Labute approximate surface area is 207 Å². The quantitative estimate of drug-likeness (QED) is 0.387. The van der Waals surface area contributed by atoms with Crippen LogP contribution in [0.3, 0.4) is 0 Å². The van der Waals surface area contributed by atoms with Gasteiger partial charge in [0.1, 0.15) is 6.04 Å². The fourth-order valence-corrected chi connectivity index (χ4v) is 3.97. The molecule has 3 aromatic rings. The highest BCUT2D eigenvalue weighted by molar-refractivity contribution is 6.31. The number of carbonyl (C=O) groups is 1. The number of oxazole rings is 1. The minimum Gasteiger partial charge on any atom is -0.421 e. The number of aryl methyl sites for hydroxylation is 1. The van der Waals surface area contributed by atoms with Gasteiger partial charge in [-0.25, -0.2) is 9.98 Å². The molecule has 0 aliphatic carbocycles. The molecule has 180 valence electrons. The number of aliphatic imine (C=N–C) groups is 2. The van der Waals surface area contributed by atoms with Crippen LogP contribution in [0, 0.1) is 6.92 Å². The lowest BCUT2D eigenvalue weighted by Crippen LogP contribution is -2.39. The van der Waals surface area contributed by atoms with E-state index < -0.39 is 6.04 Å². The molecular formula is C24H25ClN8O2.